The molecule has 0 spiro atoms. The lowest BCUT2D eigenvalue weighted by Gasteiger charge is -2.19. The van der Waals surface area contributed by atoms with Gasteiger partial charge >= 0.3 is 5.97 Å². The number of hydrogen-bond donors (Lipinski definition) is 0. The van der Waals surface area contributed by atoms with Crippen molar-refractivity contribution >= 4 is 46.7 Å². The van der Waals surface area contributed by atoms with Gasteiger partial charge < -0.3 is 4.74 Å². The lowest BCUT2D eigenvalue weighted by molar-refractivity contribution is -0.150. The summed E-state index contributed by atoms with van der Waals surface area (Å²) in [6.07, 6.45) is 3.64. The summed E-state index contributed by atoms with van der Waals surface area (Å²) in [6, 6.07) is 6.74. The number of nitrogens with zero attached hydrogens (tertiary/aromatic N) is 1. The molecule has 1 aliphatic rings. The Morgan fingerprint density at radius 2 is 2.00 bits per heavy atom. The molecular weight excluding hydrogens is 334 g/mol. The number of thioether (sulfide) groups is 2. The highest BCUT2D eigenvalue weighted by Gasteiger charge is 2.41. The van der Waals surface area contributed by atoms with Crippen molar-refractivity contribution in [2.45, 2.75) is 24.8 Å². The number of amides is 2. The molecule has 0 N–H and O–H groups in total. The van der Waals surface area contributed by atoms with Gasteiger partial charge in [0.15, 0.2) is 0 Å². The number of carbonyl (C=O) groups is 3. The van der Waals surface area contributed by atoms with Crippen LogP contribution >= 0.6 is 23.5 Å². The third kappa shape index (κ3) is 3.97. The topological polar surface area (TPSA) is 63.7 Å². The summed E-state index contributed by atoms with van der Waals surface area (Å²) in [5.41, 5.74) is 0.831. The Kier molecular flexibility index (Phi) is 5.90. The van der Waals surface area contributed by atoms with E-state index < -0.39 is 23.2 Å². The molecule has 23 heavy (non-hydrogen) atoms. The molecule has 0 unspecified atom stereocenters. The first kappa shape index (κ1) is 17.6. The number of benzene rings is 1. The quantitative estimate of drug-likeness (QED) is 0.460. The Labute approximate surface area is 143 Å². The Morgan fingerprint density at radius 3 is 2.57 bits per heavy atom. The molecule has 1 aliphatic heterocycles. The zero-order valence-corrected chi connectivity index (χ0v) is 14.7. The molecule has 2 rings (SSSR count). The summed E-state index contributed by atoms with van der Waals surface area (Å²) in [5.74, 6) is -1.05. The third-order valence-corrected chi connectivity index (χ3v) is 4.88. The monoisotopic (exact) mass is 351 g/mol. The SMILES string of the molecule is CCOC(=O)[C@@H](C)N1C(=O)S/C(=C/c2ccc(SC)cc2)C1=O. The average molecular weight is 351 g/mol. The third-order valence-electron chi connectivity index (χ3n) is 3.25. The summed E-state index contributed by atoms with van der Waals surface area (Å²) in [6.45, 7) is 3.37. The van der Waals surface area contributed by atoms with E-state index in [9.17, 15) is 14.4 Å². The van der Waals surface area contributed by atoms with Crippen LogP contribution in [0.4, 0.5) is 4.79 Å². The summed E-state index contributed by atoms with van der Waals surface area (Å²) < 4.78 is 4.88. The molecule has 122 valence electrons. The van der Waals surface area contributed by atoms with Crippen LogP contribution in [-0.4, -0.2) is 40.9 Å². The molecule has 5 nitrogen and oxygen atoms in total. The van der Waals surface area contributed by atoms with Gasteiger partial charge in [-0.3, -0.25) is 14.5 Å². The fraction of sp³-hybridized carbons (Fsp3) is 0.312. The first-order chi connectivity index (χ1) is 11.0. The van der Waals surface area contributed by atoms with Crippen molar-refractivity contribution in [1.82, 2.24) is 4.90 Å². The largest absolute Gasteiger partial charge is 0.464 e. The molecule has 7 heteroatoms. The van der Waals surface area contributed by atoms with Gasteiger partial charge in [0.2, 0.25) is 0 Å². The van der Waals surface area contributed by atoms with Crippen molar-refractivity contribution in [3.8, 4) is 0 Å². The number of ether oxygens (including phenoxy) is 1. The van der Waals surface area contributed by atoms with Crippen LogP contribution in [0.25, 0.3) is 6.08 Å². The number of esters is 1. The van der Waals surface area contributed by atoms with Crippen molar-refractivity contribution in [2.75, 3.05) is 12.9 Å². The van der Waals surface area contributed by atoms with Crippen LogP contribution < -0.4 is 0 Å². The molecule has 0 aliphatic carbocycles. The predicted molar refractivity (Wildman–Crippen MR) is 92.1 cm³/mol. The molecule has 1 heterocycles. The maximum absolute atomic E-state index is 12.4. The summed E-state index contributed by atoms with van der Waals surface area (Å²) in [5, 5.41) is -0.456. The summed E-state index contributed by atoms with van der Waals surface area (Å²) >= 11 is 2.46. The molecule has 1 fully saturated rings. The second-order valence-electron chi connectivity index (χ2n) is 4.75. The average Bonchev–Trinajstić information content (AvgIpc) is 2.81. The number of carbonyl (C=O) groups excluding carboxylic acids is 3. The van der Waals surface area contributed by atoms with Gasteiger partial charge in [0.25, 0.3) is 11.1 Å². The van der Waals surface area contributed by atoms with Gasteiger partial charge in [-0.05, 0) is 55.6 Å². The Balaban J connectivity index is 2.19. The minimum Gasteiger partial charge on any atom is -0.464 e. The first-order valence-corrected chi connectivity index (χ1v) is 9.09. The highest BCUT2D eigenvalue weighted by Crippen LogP contribution is 2.34. The molecule has 0 aromatic heterocycles. The molecule has 1 aromatic rings. The summed E-state index contributed by atoms with van der Waals surface area (Å²) in [4.78, 5) is 38.6. The second-order valence-corrected chi connectivity index (χ2v) is 6.63. The first-order valence-electron chi connectivity index (χ1n) is 7.05. The van der Waals surface area contributed by atoms with Crippen LogP contribution in [0.3, 0.4) is 0 Å². The fourth-order valence-corrected chi connectivity index (χ4v) is 3.35. The molecular formula is C16H17NO4S2. The highest BCUT2D eigenvalue weighted by atomic mass is 32.2. The van der Waals surface area contributed by atoms with E-state index in [0.29, 0.717) is 4.91 Å². The predicted octanol–water partition coefficient (Wildman–Crippen LogP) is 3.40. The number of imide groups is 1. The molecule has 0 saturated carbocycles. The van der Waals surface area contributed by atoms with Gasteiger partial charge in [-0.25, -0.2) is 4.79 Å². The standard InChI is InChI=1S/C16H17NO4S2/c1-4-21-15(19)10(2)17-14(18)13(23-16(17)20)9-11-5-7-12(22-3)8-6-11/h5-10H,4H2,1-3H3/b13-9+/t10-/m1/s1. The van der Waals surface area contributed by atoms with Crippen molar-refractivity contribution in [3.63, 3.8) is 0 Å². The van der Waals surface area contributed by atoms with E-state index in [1.165, 1.54) is 6.92 Å². The van der Waals surface area contributed by atoms with Crippen LogP contribution in [0.1, 0.15) is 19.4 Å². The number of hydrogen-bond acceptors (Lipinski definition) is 6. The van der Waals surface area contributed by atoms with Gasteiger partial charge in [0.05, 0.1) is 11.5 Å². The molecule has 2 amide bonds. The minimum atomic E-state index is -0.924. The van der Waals surface area contributed by atoms with Crippen LogP contribution in [-0.2, 0) is 14.3 Å². The maximum atomic E-state index is 12.4. The smallest absolute Gasteiger partial charge is 0.329 e. The van der Waals surface area contributed by atoms with E-state index in [4.69, 9.17) is 4.74 Å². The highest BCUT2D eigenvalue weighted by molar-refractivity contribution is 8.18. The lowest BCUT2D eigenvalue weighted by atomic mass is 10.2. The van der Waals surface area contributed by atoms with Crippen LogP contribution in [0.15, 0.2) is 34.1 Å². The maximum Gasteiger partial charge on any atom is 0.329 e. The van der Waals surface area contributed by atoms with Gasteiger partial charge in [0.1, 0.15) is 6.04 Å². The molecule has 1 aromatic carbocycles. The van der Waals surface area contributed by atoms with Crippen molar-refractivity contribution in [3.05, 3.63) is 34.7 Å². The molecule has 1 atom stereocenters. The Bertz CT molecular complexity index is 655. The van der Waals surface area contributed by atoms with Crippen molar-refractivity contribution < 1.29 is 19.1 Å². The van der Waals surface area contributed by atoms with Crippen LogP contribution in [0.2, 0.25) is 0 Å². The minimum absolute atomic E-state index is 0.205. The summed E-state index contributed by atoms with van der Waals surface area (Å²) in [7, 11) is 0. The zero-order valence-electron chi connectivity index (χ0n) is 13.1. The molecule has 0 bridgehead atoms. The van der Waals surface area contributed by atoms with Gasteiger partial charge in [-0.1, -0.05) is 12.1 Å². The molecule has 1 saturated heterocycles. The van der Waals surface area contributed by atoms with E-state index in [0.717, 1.165) is 27.1 Å². The lowest BCUT2D eigenvalue weighted by Crippen LogP contribution is -2.42. The molecule has 0 radical (unpaired) electrons. The Morgan fingerprint density at radius 1 is 1.35 bits per heavy atom. The zero-order chi connectivity index (χ0) is 17.0. The van der Waals surface area contributed by atoms with E-state index >= 15 is 0 Å². The second kappa shape index (κ2) is 7.70. The van der Waals surface area contributed by atoms with E-state index in [2.05, 4.69) is 0 Å². The van der Waals surface area contributed by atoms with E-state index in [1.54, 1.807) is 24.8 Å². The van der Waals surface area contributed by atoms with E-state index in [1.807, 2.05) is 30.5 Å². The van der Waals surface area contributed by atoms with Crippen molar-refractivity contribution in [2.24, 2.45) is 0 Å². The van der Waals surface area contributed by atoms with Crippen LogP contribution in [0, 0.1) is 0 Å². The van der Waals surface area contributed by atoms with Gasteiger partial charge in [-0.15, -0.1) is 11.8 Å². The van der Waals surface area contributed by atoms with Gasteiger partial charge in [0, 0.05) is 4.90 Å². The fourth-order valence-electron chi connectivity index (χ4n) is 2.03. The van der Waals surface area contributed by atoms with Crippen molar-refractivity contribution in [1.29, 1.82) is 0 Å². The Hall–Kier alpha value is -1.73. The normalized spacial score (nSPS) is 17.7. The van der Waals surface area contributed by atoms with E-state index in [-0.39, 0.29) is 6.61 Å². The van der Waals surface area contributed by atoms with Crippen LogP contribution in [0.5, 0.6) is 0 Å². The number of rotatable bonds is 5. The van der Waals surface area contributed by atoms with Gasteiger partial charge in [-0.2, -0.15) is 0 Å².